The summed E-state index contributed by atoms with van der Waals surface area (Å²) in [6.07, 6.45) is 0.531. The summed E-state index contributed by atoms with van der Waals surface area (Å²) in [7, 11) is -3.34. The highest BCUT2D eigenvalue weighted by atomic mass is 32.2. The highest BCUT2D eigenvalue weighted by Crippen LogP contribution is 2.00. The first-order chi connectivity index (χ1) is 7.07. The molecule has 96 valence electrons. The van der Waals surface area contributed by atoms with Gasteiger partial charge in [-0.2, -0.15) is 0 Å². The molecule has 1 unspecified atom stereocenters. The van der Waals surface area contributed by atoms with E-state index in [2.05, 4.69) is 10.0 Å². The van der Waals surface area contributed by atoms with Crippen molar-refractivity contribution in [3.8, 4) is 0 Å². The summed E-state index contributed by atoms with van der Waals surface area (Å²) in [6.45, 7) is 8.85. The summed E-state index contributed by atoms with van der Waals surface area (Å²) in [5, 5.41) is 2.72. The van der Waals surface area contributed by atoms with Gasteiger partial charge in [0.25, 0.3) is 0 Å². The van der Waals surface area contributed by atoms with Crippen molar-refractivity contribution in [2.75, 3.05) is 5.75 Å². The van der Waals surface area contributed by atoms with Crippen LogP contribution in [0.1, 0.15) is 41.0 Å². The van der Waals surface area contributed by atoms with Crippen LogP contribution in [0, 0.1) is 0 Å². The molecule has 0 saturated heterocycles. The maximum atomic E-state index is 11.6. The molecule has 6 heteroatoms. The van der Waals surface area contributed by atoms with Crippen LogP contribution in [0.2, 0.25) is 0 Å². The number of carbonyl (C=O) groups is 1. The molecule has 0 aromatic carbocycles. The summed E-state index contributed by atoms with van der Waals surface area (Å²) >= 11 is 0. The van der Waals surface area contributed by atoms with E-state index >= 15 is 0 Å². The second-order valence-corrected chi connectivity index (χ2v) is 6.77. The van der Waals surface area contributed by atoms with Gasteiger partial charge in [-0.1, -0.05) is 6.92 Å². The fourth-order valence-electron chi connectivity index (χ4n) is 1.13. The lowest BCUT2D eigenvalue weighted by atomic mass is 10.1. The first kappa shape index (κ1) is 15.4. The summed E-state index contributed by atoms with van der Waals surface area (Å²) in [5.41, 5.74) is -0.360. The van der Waals surface area contributed by atoms with Crippen molar-refractivity contribution in [3.05, 3.63) is 0 Å². The maximum Gasteiger partial charge on any atom is 0.238 e. The molecular formula is C10H22N2O3S. The lowest BCUT2D eigenvalue weighted by Crippen LogP contribution is -2.51. The molecule has 5 nitrogen and oxygen atoms in total. The Balaban J connectivity index is 4.37. The highest BCUT2D eigenvalue weighted by molar-refractivity contribution is 7.89. The van der Waals surface area contributed by atoms with Gasteiger partial charge in [-0.05, 0) is 34.1 Å². The maximum absolute atomic E-state index is 11.6. The molecule has 0 aromatic heterocycles. The smallest absolute Gasteiger partial charge is 0.238 e. The van der Waals surface area contributed by atoms with Crippen molar-refractivity contribution in [2.24, 2.45) is 0 Å². The van der Waals surface area contributed by atoms with Crippen LogP contribution < -0.4 is 10.0 Å². The molecule has 0 bridgehead atoms. The minimum absolute atomic E-state index is 0.0418. The molecule has 0 heterocycles. The monoisotopic (exact) mass is 250 g/mol. The van der Waals surface area contributed by atoms with Crippen molar-refractivity contribution < 1.29 is 13.2 Å². The van der Waals surface area contributed by atoms with Crippen molar-refractivity contribution >= 4 is 15.9 Å². The third-order valence-corrected chi connectivity index (χ3v) is 3.38. The zero-order chi connectivity index (χ0) is 13.0. The molecule has 0 aliphatic rings. The Morgan fingerprint density at radius 2 is 1.81 bits per heavy atom. The van der Waals surface area contributed by atoms with E-state index in [1.165, 1.54) is 6.92 Å². The topological polar surface area (TPSA) is 75.3 Å². The lowest BCUT2D eigenvalue weighted by Gasteiger charge is -2.23. The Morgan fingerprint density at radius 3 is 2.19 bits per heavy atom. The minimum Gasteiger partial charge on any atom is -0.350 e. The van der Waals surface area contributed by atoms with Gasteiger partial charge in [-0.15, -0.1) is 0 Å². The Hall–Kier alpha value is -0.620. The van der Waals surface area contributed by atoms with Crippen LogP contribution in [0.5, 0.6) is 0 Å². The Kier molecular flexibility index (Phi) is 5.41. The van der Waals surface area contributed by atoms with Gasteiger partial charge in [0, 0.05) is 5.54 Å². The van der Waals surface area contributed by atoms with Gasteiger partial charge in [-0.25, -0.2) is 13.1 Å². The molecule has 0 saturated carbocycles. The molecule has 2 N–H and O–H groups in total. The van der Waals surface area contributed by atoms with E-state index in [1.54, 1.807) is 6.92 Å². The van der Waals surface area contributed by atoms with Gasteiger partial charge in [0.15, 0.2) is 0 Å². The van der Waals surface area contributed by atoms with Crippen LogP contribution in [0.25, 0.3) is 0 Å². The number of hydrogen-bond acceptors (Lipinski definition) is 3. The van der Waals surface area contributed by atoms with E-state index in [0.29, 0.717) is 6.42 Å². The lowest BCUT2D eigenvalue weighted by molar-refractivity contribution is -0.123. The number of rotatable bonds is 5. The normalized spacial score (nSPS) is 14.6. The van der Waals surface area contributed by atoms with Gasteiger partial charge >= 0.3 is 0 Å². The molecule has 0 rings (SSSR count). The first-order valence-electron chi connectivity index (χ1n) is 5.39. The number of nitrogens with one attached hydrogen (secondary N) is 2. The summed E-state index contributed by atoms with van der Waals surface area (Å²) in [6, 6.07) is -0.740. The van der Waals surface area contributed by atoms with E-state index in [0.717, 1.165) is 0 Å². The van der Waals surface area contributed by atoms with E-state index in [1.807, 2.05) is 20.8 Å². The third-order valence-electron chi connectivity index (χ3n) is 1.72. The Bertz CT molecular complexity index is 330. The number of carbonyl (C=O) groups excluding carboxylic acids is 1. The van der Waals surface area contributed by atoms with Gasteiger partial charge < -0.3 is 5.32 Å². The van der Waals surface area contributed by atoms with Crippen LogP contribution in [0.3, 0.4) is 0 Å². The van der Waals surface area contributed by atoms with E-state index in [-0.39, 0.29) is 17.2 Å². The molecular weight excluding hydrogens is 228 g/mol. The number of hydrogen-bond donors (Lipinski definition) is 2. The second-order valence-electron chi connectivity index (χ2n) is 4.90. The molecule has 0 aliphatic heterocycles. The quantitative estimate of drug-likeness (QED) is 0.751. The van der Waals surface area contributed by atoms with Crippen LogP contribution in [-0.4, -0.2) is 31.7 Å². The fourth-order valence-corrected chi connectivity index (χ4v) is 2.43. The predicted molar refractivity (Wildman–Crippen MR) is 64.6 cm³/mol. The van der Waals surface area contributed by atoms with Crippen molar-refractivity contribution in [1.82, 2.24) is 10.0 Å². The first-order valence-corrected chi connectivity index (χ1v) is 7.04. The van der Waals surface area contributed by atoms with Crippen molar-refractivity contribution in [1.29, 1.82) is 0 Å². The minimum atomic E-state index is -3.34. The second kappa shape index (κ2) is 5.63. The van der Waals surface area contributed by atoms with Crippen LogP contribution in [-0.2, 0) is 14.8 Å². The number of amides is 1. The largest absolute Gasteiger partial charge is 0.350 e. The SMILES string of the molecule is CCCS(=O)(=O)NC(C)C(=O)NC(C)(C)C. The zero-order valence-corrected chi connectivity index (χ0v) is 11.4. The number of sulfonamides is 1. The average molecular weight is 250 g/mol. The Labute approximate surface area is 98.0 Å². The fraction of sp³-hybridized carbons (Fsp3) is 0.900. The highest BCUT2D eigenvalue weighted by Gasteiger charge is 2.22. The molecule has 0 radical (unpaired) electrons. The molecule has 1 amide bonds. The van der Waals surface area contributed by atoms with Crippen LogP contribution in [0.4, 0.5) is 0 Å². The summed E-state index contributed by atoms with van der Waals surface area (Å²) < 4.78 is 25.2. The molecule has 0 fully saturated rings. The summed E-state index contributed by atoms with van der Waals surface area (Å²) in [5.74, 6) is -0.271. The van der Waals surface area contributed by atoms with Gasteiger partial charge in [-0.3, -0.25) is 4.79 Å². The van der Waals surface area contributed by atoms with Gasteiger partial charge in [0.2, 0.25) is 15.9 Å². The predicted octanol–water partition coefficient (Wildman–Crippen LogP) is 0.619. The molecule has 0 aromatic rings. The van der Waals surface area contributed by atoms with Crippen molar-refractivity contribution in [3.63, 3.8) is 0 Å². The van der Waals surface area contributed by atoms with Gasteiger partial charge in [0.05, 0.1) is 11.8 Å². The van der Waals surface area contributed by atoms with Crippen LogP contribution in [0.15, 0.2) is 0 Å². The third kappa shape index (κ3) is 6.79. The average Bonchev–Trinajstić information content (AvgIpc) is 1.99. The molecule has 0 aliphatic carbocycles. The molecule has 16 heavy (non-hydrogen) atoms. The van der Waals surface area contributed by atoms with E-state index in [9.17, 15) is 13.2 Å². The zero-order valence-electron chi connectivity index (χ0n) is 10.6. The summed E-state index contributed by atoms with van der Waals surface area (Å²) in [4.78, 5) is 11.6. The van der Waals surface area contributed by atoms with Gasteiger partial charge in [0.1, 0.15) is 0 Å². The van der Waals surface area contributed by atoms with Crippen molar-refractivity contribution in [2.45, 2.75) is 52.6 Å². The molecule has 1 atom stereocenters. The Morgan fingerprint density at radius 1 is 1.31 bits per heavy atom. The van der Waals surface area contributed by atoms with E-state index < -0.39 is 16.1 Å². The molecule has 0 spiro atoms. The standard InChI is InChI=1S/C10H22N2O3S/c1-6-7-16(14,15)12-8(2)9(13)11-10(3,4)5/h8,12H,6-7H2,1-5H3,(H,11,13). The van der Waals surface area contributed by atoms with E-state index in [4.69, 9.17) is 0 Å². The van der Waals surface area contributed by atoms with Crippen LogP contribution >= 0.6 is 0 Å².